The molecule has 1 amide bonds. The zero-order valence-electron chi connectivity index (χ0n) is 12.1. The number of piperidine rings is 2. The molecule has 110 valence electrons. The third-order valence-electron chi connectivity index (χ3n) is 4.38. The second-order valence-electron chi connectivity index (χ2n) is 6.20. The van der Waals surface area contributed by atoms with Gasteiger partial charge in [0.15, 0.2) is 0 Å². The van der Waals surface area contributed by atoms with Crippen LogP contribution in [-0.2, 0) is 4.79 Å². The second kappa shape index (κ2) is 7.22. The zero-order valence-corrected chi connectivity index (χ0v) is 12.1. The number of nitrogens with zero attached hydrogens (tertiary/aromatic N) is 2. The van der Waals surface area contributed by atoms with Crippen molar-refractivity contribution in [3.05, 3.63) is 0 Å². The maximum absolute atomic E-state index is 10.9. The van der Waals surface area contributed by atoms with E-state index in [0.717, 1.165) is 38.4 Å². The van der Waals surface area contributed by atoms with Crippen LogP contribution in [0.1, 0.15) is 25.7 Å². The van der Waals surface area contributed by atoms with Gasteiger partial charge < -0.3 is 16.0 Å². The highest BCUT2D eigenvalue weighted by Crippen LogP contribution is 2.15. The van der Waals surface area contributed by atoms with Crippen molar-refractivity contribution in [3.8, 4) is 0 Å². The highest BCUT2D eigenvalue weighted by atomic mass is 16.1. The summed E-state index contributed by atoms with van der Waals surface area (Å²) < 4.78 is 0. The number of carbonyl (C=O) groups excluding carboxylic acids is 1. The Morgan fingerprint density at radius 1 is 1.26 bits per heavy atom. The number of hydrogen-bond donors (Lipinski definition) is 2. The van der Waals surface area contributed by atoms with E-state index in [0.29, 0.717) is 12.6 Å². The van der Waals surface area contributed by atoms with Crippen LogP contribution in [-0.4, -0.2) is 68.1 Å². The number of nitrogens with two attached hydrogens (primary N) is 1. The summed E-state index contributed by atoms with van der Waals surface area (Å²) in [7, 11) is 2.22. The number of likely N-dealkylation sites (tertiary alicyclic amines) is 2. The maximum Gasteiger partial charge on any atom is 0.231 e. The van der Waals surface area contributed by atoms with Crippen molar-refractivity contribution in [1.29, 1.82) is 0 Å². The van der Waals surface area contributed by atoms with E-state index in [4.69, 9.17) is 5.73 Å². The fraction of sp³-hybridized carbons (Fsp3) is 0.929. The lowest BCUT2D eigenvalue weighted by Crippen LogP contribution is -2.47. The topological polar surface area (TPSA) is 61.6 Å². The van der Waals surface area contributed by atoms with Crippen LogP contribution in [0.4, 0.5) is 0 Å². The fourth-order valence-corrected chi connectivity index (χ4v) is 3.29. The van der Waals surface area contributed by atoms with Gasteiger partial charge in [0.25, 0.3) is 0 Å². The third-order valence-corrected chi connectivity index (χ3v) is 4.38. The quantitative estimate of drug-likeness (QED) is 0.729. The molecule has 2 saturated heterocycles. The molecule has 0 aromatic heterocycles. The van der Waals surface area contributed by atoms with E-state index < -0.39 is 0 Å². The molecule has 2 heterocycles. The minimum atomic E-state index is -0.211. The molecule has 2 aliphatic heterocycles. The van der Waals surface area contributed by atoms with Crippen molar-refractivity contribution in [2.24, 2.45) is 11.7 Å². The lowest BCUT2D eigenvalue weighted by molar-refractivity contribution is -0.119. The molecule has 1 unspecified atom stereocenters. The molecule has 1 atom stereocenters. The Kier molecular flexibility index (Phi) is 5.60. The Balaban J connectivity index is 1.61. The molecular formula is C14H28N4O. The second-order valence-corrected chi connectivity index (χ2v) is 6.20. The van der Waals surface area contributed by atoms with Gasteiger partial charge in [-0.05, 0) is 51.7 Å². The Hall–Kier alpha value is -0.650. The molecule has 0 aliphatic carbocycles. The molecule has 2 aliphatic rings. The first-order valence-electron chi connectivity index (χ1n) is 7.56. The van der Waals surface area contributed by atoms with Crippen molar-refractivity contribution in [2.75, 3.05) is 46.3 Å². The van der Waals surface area contributed by atoms with E-state index in [-0.39, 0.29) is 5.91 Å². The minimum Gasteiger partial charge on any atom is -0.369 e. The van der Waals surface area contributed by atoms with Gasteiger partial charge in [-0.1, -0.05) is 0 Å². The van der Waals surface area contributed by atoms with Gasteiger partial charge in [-0.25, -0.2) is 0 Å². The summed E-state index contributed by atoms with van der Waals surface area (Å²) in [5.41, 5.74) is 5.23. The molecule has 3 N–H and O–H groups in total. The molecule has 19 heavy (non-hydrogen) atoms. The summed E-state index contributed by atoms with van der Waals surface area (Å²) in [4.78, 5) is 15.5. The Morgan fingerprint density at radius 3 is 2.63 bits per heavy atom. The molecule has 5 nitrogen and oxygen atoms in total. The molecule has 0 aromatic carbocycles. The van der Waals surface area contributed by atoms with Gasteiger partial charge in [0.05, 0.1) is 6.54 Å². The predicted octanol–water partition coefficient (Wildman–Crippen LogP) is -0.132. The Labute approximate surface area is 116 Å². The molecular weight excluding hydrogens is 240 g/mol. The normalized spacial score (nSPS) is 27.5. The van der Waals surface area contributed by atoms with Gasteiger partial charge in [0, 0.05) is 25.7 Å². The molecule has 0 aromatic rings. The van der Waals surface area contributed by atoms with Crippen molar-refractivity contribution >= 4 is 5.91 Å². The number of carbonyl (C=O) groups is 1. The molecule has 0 bridgehead atoms. The molecule has 2 fully saturated rings. The fourth-order valence-electron chi connectivity index (χ4n) is 3.29. The van der Waals surface area contributed by atoms with Crippen molar-refractivity contribution in [1.82, 2.24) is 15.1 Å². The summed E-state index contributed by atoms with van der Waals surface area (Å²) in [6.07, 6.45) is 4.96. The minimum absolute atomic E-state index is 0.211. The van der Waals surface area contributed by atoms with Crippen LogP contribution < -0.4 is 11.1 Å². The summed E-state index contributed by atoms with van der Waals surface area (Å²) in [5, 5.41) is 3.72. The first-order valence-corrected chi connectivity index (χ1v) is 7.56. The summed E-state index contributed by atoms with van der Waals surface area (Å²) >= 11 is 0. The van der Waals surface area contributed by atoms with Crippen molar-refractivity contribution < 1.29 is 4.79 Å². The number of hydrogen-bond acceptors (Lipinski definition) is 4. The monoisotopic (exact) mass is 268 g/mol. The van der Waals surface area contributed by atoms with Crippen LogP contribution in [0.3, 0.4) is 0 Å². The van der Waals surface area contributed by atoms with Gasteiger partial charge in [-0.2, -0.15) is 0 Å². The molecule has 0 spiro atoms. The standard InChI is InChI=1S/C14H28N4O/c1-17-6-2-3-12(10-17)9-16-13-4-7-18(8-5-13)11-14(15)19/h12-13,16H,2-11H2,1H3,(H2,15,19). The zero-order chi connectivity index (χ0) is 13.7. The first-order chi connectivity index (χ1) is 9.13. The van der Waals surface area contributed by atoms with Crippen LogP contribution in [0.2, 0.25) is 0 Å². The molecule has 0 saturated carbocycles. The van der Waals surface area contributed by atoms with Crippen LogP contribution >= 0.6 is 0 Å². The van der Waals surface area contributed by atoms with Crippen molar-refractivity contribution in [2.45, 2.75) is 31.7 Å². The average Bonchev–Trinajstić information content (AvgIpc) is 2.37. The number of primary amides is 1. The van der Waals surface area contributed by atoms with Crippen LogP contribution in [0.5, 0.6) is 0 Å². The van der Waals surface area contributed by atoms with E-state index in [9.17, 15) is 4.79 Å². The smallest absolute Gasteiger partial charge is 0.231 e. The van der Waals surface area contributed by atoms with E-state index in [1.165, 1.54) is 25.9 Å². The van der Waals surface area contributed by atoms with Gasteiger partial charge in [-0.15, -0.1) is 0 Å². The third kappa shape index (κ3) is 5.09. The summed E-state index contributed by atoms with van der Waals surface area (Å²) in [6.45, 7) is 6.02. The van der Waals surface area contributed by atoms with E-state index in [1.54, 1.807) is 0 Å². The predicted molar refractivity (Wildman–Crippen MR) is 76.9 cm³/mol. The summed E-state index contributed by atoms with van der Waals surface area (Å²) in [6, 6.07) is 0.622. The number of amides is 1. The lowest BCUT2D eigenvalue weighted by atomic mass is 9.97. The Morgan fingerprint density at radius 2 is 2.00 bits per heavy atom. The van der Waals surface area contributed by atoms with Crippen molar-refractivity contribution in [3.63, 3.8) is 0 Å². The molecule has 5 heteroatoms. The van der Waals surface area contributed by atoms with Gasteiger partial charge in [0.1, 0.15) is 0 Å². The highest BCUT2D eigenvalue weighted by Gasteiger charge is 2.22. The van der Waals surface area contributed by atoms with Crippen LogP contribution in [0.25, 0.3) is 0 Å². The lowest BCUT2D eigenvalue weighted by Gasteiger charge is -2.34. The van der Waals surface area contributed by atoms with Gasteiger partial charge >= 0.3 is 0 Å². The SMILES string of the molecule is CN1CCCC(CNC2CCN(CC(N)=O)CC2)C1. The Bertz CT molecular complexity index is 289. The van der Waals surface area contributed by atoms with E-state index in [1.807, 2.05) is 0 Å². The highest BCUT2D eigenvalue weighted by molar-refractivity contribution is 5.75. The number of rotatable bonds is 5. The van der Waals surface area contributed by atoms with Gasteiger partial charge in [0.2, 0.25) is 5.91 Å². The van der Waals surface area contributed by atoms with E-state index in [2.05, 4.69) is 22.2 Å². The first kappa shape index (κ1) is 14.8. The van der Waals surface area contributed by atoms with Gasteiger partial charge in [-0.3, -0.25) is 9.69 Å². The van der Waals surface area contributed by atoms with Crippen LogP contribution in [0, 0.1) is 5.92 Å². The maximum atomic E-state index is 10.9. The van der Waals surface area contributed by atoms with E-state index >= 15 is 0 Å². The largest absolute Gasteiger partial charge is 0.369 e. The van der Waals surface area contributed by atoms with Crippen LogP contribution in [0.15, 0.2) is 0 Å². The average molecular weight is 268 g/mol. The summed E-state index contributed by atoms with van der Waals surface area (Å²) in [5.74, 6) is 0.596. The molecule has 2 rings (SSSR count). The molecule has 0 radical (unpaired) electrons. The number of nitrogens with one attached hydrogen (secondary N) is 1.